The van der Waals surface area contributed by atoms with Crippen molar-refractivity contribution >= 4 is 17.6 Å². The molecule has 0 aliphatic rings. The van der Waals surface area contributed by atoms with Crippen LogP contribution in [0.4, 0.5) is 10.2 Å². The van der Waals surface area contributed by atoms with E-state index in [1.165, 1.54) is 12.1 Å². The topological polar surface area (TPSA) is 67.2 Å². The predicted molar refractivity (Wildman–Crippen MR) is 142 cm³/mol. The number of amides is 2. The molecule has 192 valence electrons. The summed E-state index contributed by atoms with van der Waals surface area (Å²) in [5.41, 5.74) is 2.32. The lowest BCUT2D eigenvalue weighted by molar-refractivity contribution is -0.135. The van der Waals surface area contributed by atoms with Gasteiger partial charge < -0.3 is 10.2 Å². The van der Waals surface area contributed by atoms with Crippen molar-refractivity contribution in [1.29, 1.82) is 0 Å². The van der Waals surface area contributed by atoms with E-state index in [0.717, 1.165) is 18.4 Å². The molecule has 1 N–H and O–H groups in total. The number of halogens is 1. The number of carbonyl (C=O) groups excluding carboxylic acids is 2. The summed E-state index contributed by atoms with van der Waals surface area (Å²) in [5.74, 6) is 0.0156. The van der Waals surface area contributed by atoms with Crippen molar-refractivity contribution < 1.29 is 14.0 Å². The van der Waals surface area contributed by atoms with Gasteiger partial charge in [0.15, 0.2) is 0 Å². The molecule has 6 nitrogen and oxygen atoms in total. The Kier molecular flexibility index (Phi) is 9.02. The van der Waals surface area contributed by atoms with Crippen LogP contribution in [0.3, 0.4) is 0 Å². The maximum atomic E-state index is 13.5. The lowest BCUT2D eigenvalue weighted by Gasteiger charge is -2.26. The van der Waals surface area contributed by atoms with Crippen LogP contribution in [0.5, 0.6) is 0 Å². The molecule has 0 saturated carbocycles. The minimum absolute atomic E-state index is 0.0132. The Balaban J connectivity index is 1.79. The summed E-state index contributed by atoms with van der Waals surface area (Å²) in [4.78, 5) is 27.7. The molecule has 2 amide bonds. The molecule has 7 heteroatoms. The van der Waals surface area contributed by atoms with Gasteiger partial charge in [-0.1, -0.05) is 65.0 Å². The largest absolute Gasteiger partial charge is 0.333 e. The third-order valence-corrected chi connectivity index (χ3v) is 5.78. The summed E-state index contributed by atoms with van der Waals surface area (Å²) < 4.78 is 15.1. The van der Waals surface area contributed by atoms with Gasteiger partial charge in [0, 0.05) is 24.6 Å². The summed E-state index contributed by atoms with van der Waals surface area (Å²) in [7, 11) is 0. The van der Waals surface area contributed by atoms with Crippen molar-refractivity contribution in [3.63, 3.8) is 0 Å². The lowest BCUT2D eigenvalue weighted by atomic mass is 9.84. The SMILES string of the molecule is CCCN(CC(=O)Nc1cc(-c2ccccc2)nn1-c1ccc(F)cc1)C(=O)CC(C)CC(C)(C)C. The van der Waals surface area contributed by atoms with Gasteiger partial charge in [0.25, 0.3) is 0 Å². The van der Waals surface area contributed by atoms with Crippen LogP contribution >= 0.6 is 0 Å². The van der Waals surface area contributed by atoms with Crippen LogP contribution in [-0.4, -0.2) is 39.6 Å². The first-order valence-corrected chi connectivity index (χ1v) is 12.5. The number of rotatable bonds is 10. The average Bonchev–Trinajstić information content (AvgIpc) is 3.22. The number of hydrogen-bond acceptors (Lipinski definition) is 3. The van der Waals surface area contributed by atoms with Gasteiger partial charge in [0.2, 0.25) is 11.8 Å². The quantitative estimate of drug-likeness (QED) is 0.360. The van der Waals surface area contributed by atoms with Gasteiger partial charge in [-0.05, 0) is 48.4 Å². The van der Waals surface area contributed by atoms with Gasteiger partial charge in [0.1, 0.15) is 11.6 Å². The molecule has 0 radical (unpaired) electrons. The van der Waals surface area contributed by atoms with E-state index in [-0.39, 0.29) is 35.5 Å². The first-order chi connectivity index (χ1) is 17.1. The second-order valence-electron chi connectivity index (χ2n) is 10.6. The van der Waals surface area contributed by atoms with Crippen LogP contribution in [0.15, 0.2) is 60.7 Å². The Morgan fingerprint density at radius 1 is 1.08 bits per heavy atom. The lowest BCUT2D eigenvalue weighted by Crippen LogP contribution is -2.39. The van der Waals surface area contributed by atoms with Gasteiger partial charge in [-0.15, -0.1) is 0 Å². The van der Waals surface area contributed by atoms with E-state index in [1.54, 1.807) is 27.8 Å². The maximum absolute atomic E-state index is 13.5. The minimum Gasteiger partial charge on any atom is -0.333 e. The molecule has 2 aromatic carbocycles. The molecule has 0 aliphatic heterocycles. The maximum Gasteiger partial charge on any atom is 0.245 e. The molecular formula is C29H37FN4O2. The molecule has 1 unspecified atom stereocenters. The molecule has 1 atom stereocenters. The molecule has 36 heavy (non-hydrogen) atoms. The number of benzene rings is 2. The molecule has 3 aromatic rings. The predicted octanol–water partition coefficient (Wildman–Crippen LogP) is 6.32. The summed E-state index contributed by atoms with van der Waals surface area (Å²) in [6.07, 6.45) is 2.11. The first-order valence-electron chi connectivity index (χ1n) is 12.5. The number of anilines is 1. The third kappa shape index (κ3) is 7.77. The fourth-order valence-electron chi connectivity index (χ4n) is 4.46. The normalized spacial score (nSPS) is 12.3. The Morgan fingerprint density at radius 2 is 1.75 bits per heavy atom. The van der Waals surface area contributed by atoms with E-state index in [9.17, 15) is 14.0 Å². The Hall–Kier alpha value is -3.48. The van der Waals surface area contributed by atoms with Gasteiger partial charge in [-0.25, -0.2) is 9.07 Å². The molecule has 0 fully saturated rings. The molecule has 0 saturated heterocycles. The van der Waals surface area contributed by atoms with Gasteiger partial charge in [-0.2, -0.15) is 5.10 Å². The zero-order valence-corrected chi connectivity index (χ0v) is 21.9. The monoisotopic (exact) mass is 492 g/mol. The van der Waals surface area contributed by atoms with Gasteiger partial charge in [0.05, 0.1) is 17.9 Å². The number of nitrogens with one attached hydrogen (secondary N) is 1. The van der Waals surface area contributed by atoms with Crippen molar-refractivity contribution in [3.05, 3.63) is 66.5 Å². The Bertz CT molecular complexity index is 1150. The fraction of sp³-hybridized carbons (Fsp3) is 0.414. The number of nitrogens with zero attached hydrogens (tertiary/aromatic N) is 3. The molecular weight excluding hydrogens is 455 g/mol. The van der Waals surface area contributed by atoms with E-state index >= 15 is 0 Å². The van der Waals surface area contributed by atoms with Gasteiger partial charge in [-0.3, -0.25) is 9.59 Å². The minimum atomic E-state index is -0.353. The van der Waals surface area contributed by atoms with Gasteiger partial charge >= 0.3 is 0 Å². The molecule has 3 rings (SSSR count). The van der Waals surface area contributed by atoms with Crippen molar-refractivity contribution in [2.24, 2.45) is 11.3 Å². The summed E-state index contributed by atoms with van der Waals surface area (Å²) >= 11 is 0. The Labute approximate surface area is 213 Å². The van der Waals surface area contributed by atoms with Crippen LogP contribution in [-0.2, 0) is 9.59 Å². The van der Waals surface area contributed by atoms with E-state index in [4.69, 9.17) is 0 Å². The average molecular weight is 493 g/mol. The number of hydrogen-bond donors (Lipinski definition) is 1. The second-order valence-corrected chi connectivity index (χ2v) is 10.6. The Morgan fingerprint density at radius 3 is 2.36 bits per heavy atom. The highest BCUT2D eigenvalue weighted by Gasteiger charge is 2.23. The second kappa shape index (κ2) is 12.0. The van der Waals surface area contributed by atoms with Crippen molar-refractivity contribution in [3.8, 4) is 16.9 Å². The zero-order chi connectivity index (χ0) is 26.3. The van der Waals surface area contributed by atoms with Crippen LogP contribution in [0.2, 0.25) is 0 Å². The zero-order valence-electron chi connectivity index (χ0n) is 21.9. The van der Waals surface area contributed by atoms with Crippen LogP contribution < -0.4 is 5.32 Å². The van der Waals surface area contributed by atoms with E-state index in [2.05, 4.69) is 38.1 Å². The number of aromatic nitrogens is 2. The highest BCUT2D eigenvalue weighted by molar-refractivity contribution is 5.94. The summed E-state index contributed by atoms with van der Waals surface area (Å²) in [6.45, 7) is 11.1. The van der Waals surface area contributed by atoms with Crippen molar-refractivity contribution in [2.75, 3.05) is 18.4 Å². The highest BCUT2D eigenvalue weighted by atomic mass is 19.1. The summed E-state index contributed by atoms with van der Waals surface area (Å²) in [6, 6.07) is 17.3. The van der Waals surface area contributed by atoms with E-state index in [0.29, 0.717) is 30.2 Å². The summed E-state index contributed by atoms with van der Waals surface area (Å²) in [5, 5.41) is 7.58. The molecule has 0 spiro atoms. The van der Waals surface area contributed by atoms with Crippen molar-refractivity contribution in [1.82, 2.24) is 14.7 Å². The first kappa shape index (κ1) is 27.1. The smallest absolute Gasteiger partial charge is 0.245 e. The molecule has 1 aromatic heterocycles. The standard InChI is InChI=1S/C29H37FN4O2/c1-6-16-33(28(36)17-21(2)19-29(3,4)5)20-27(35)31-26-18-25(22-10-8-7-9-11-22)32-34(26)24-14-12-23(30)13-15-24/h7-15,18,21H,6,16-17,19-20H2,1-5H3,(H,31,35). The van der Waals surface area contributed by atoms with Crippen LogP contribution in [0, 0.1) is 17.2 Å². The van der Waals surface area contributed by atoms with E-state index < -0.39 is 0 Å². The van der Waals surface area contributed by atoms with Crippen LogP contribution in [0.1, 0.15) is 53.9 Å². The van der Waals surface area contributed by atoms with E-state index in [1.807, 2.05) is 37.3 Å². The third-order valence-electron chi connectivity index (χ3n) is 5.78. The van der Waals surface area contributed by atoms with Crippen molar-refractivity contribution in [2.45, 2.75) is 53.9 Å². The molecule has 1 heterocycles. The molecule has 0 aliphatic carbocycles. The van der Waals surface area contributed by atoms with Crippen LogP contribution in [0.25, 0.3) is 16.9 Å². The molecule has 0 bridgehead atoms. The highest BCUT2D eigenvalue weighted by Crippen LogP contribution is 2.27. The fourth-order valence-corrected chi connectivity index (χ4v) is 4.46. The number of carbonyl (C=O) groups is 2.